The molecule has 1 fully saturated rings. The van der Waals surface area contributed by atoms with Crippen LogP contribution in [0.4, 0.5) is 8.78 Å². The van der Waals surface area contributed by atoms with Gasteiger partial charge >= 0.3 is 0 Å². The second kappa shape index (κ2) is 6.95. The Kier molecular flexibility index (Phi) is 4.60. The Bertz CT molecular complexity index is 1110. The predicted octanol–water partition coefficient (Wildman–Crippen LogP) is 2.81. The van der Waals surface area contributed by atoms with E-state index in [1.807, 2.05) is 12.1 Å². The number of hydrogen-bond donors (Lipinski definition) is 0. The van der Waals surface area contributed by atoms with E-state index in [1.165, 1.54) is 7.11 Å². The van der Waals surface area contributed by atoms with Crippen molar-refractivity contribution >= 4 is 10.0 Å². The number of sulfonamides is 1. The van der Waals surface area contributed by atoms with Gasteiger partial charge in [0, 0.05) is 19.2 Å². The van der Waals surface area contributed by atoms with Crippen LogP contribution in [0.5, 0.6) is 5.75 Å². The first-order valence-corrected chi connectivity index (χ1v) is 9.75. The second-order valence-electron chi connectivity index (χ2n) is 6.28. The van der Waals surface area contributed by atoms with Crippen molar-refractivity contribution in [2.24, 2.45) is 0 Å². The summed E-state index contributed by atoms with van der Waals surface area (Å²) in [6, 6.07) is 9.37. The molecule has 0 unspecified atom stereocenters. The highest BCUT2D eigenvalue weighted by atomic mass is 32.2. The zero-order valence-corrected chi connectivity index (χ0v) is 15.5. The maximum atomic E-state index is 13.3. The molecule has 28 heavy (non-hydrogen) atoms. The lowest BCUT2D eigenvalue weighted by Gasteiger charge is -2.35. The minimum absolute atomic E-state index is 0.0774. The zero-order chi connectivity index (χ0) is 19.9. The van der Waals surface area contributed by atoms with Crippen molar-refractivity contribution in [1.29, 1.82) is 0 Å². The fraction of sp³-hybridized carbons (Fsp3) is 0.222. The lowest BCUT2D eigenvalue weighted by molar-refractivity contribution is 0.216. The van der Waals surface area contributed by atoms with E-state index in [1.54, 1.807) is 12.1 Å². The van der Waals surface area contributed by atoms with Crippen molar-refractivity contribution in [3.8, 4) is 17.1 Å². The Labute approximate surface area is 159 Å². The Morgan fingerprint density at radius 1 is 1.14 bits per heavy atom. The maximum absolute atomic E-state index is 13.3. The van der Waals surface area contributed by atoms with Crippen molar-refractivity contribution in [3.63, 3.8) is 0 Å². The third kappa shape index (κ3) is 3.25. The molecule has 0 amide bonds. The van der Waals surface area contributed by atoms with Crippen molar-refractivity contribution < 1.29 is 26.5 Å². The summed E-state index contributed by atoms with van der Waals surface area (Å²) in [6.07, 6.45) is 0. The molecule has 146 valence electrons. The first-order chi connectivity index (χ1) is 13.4. The second-order valence-corrected chi connectivity index (χ2v) is 8.22. The number of nitrogens with zero attached hydrogens (tertiary/aromatic N) is 3. The quantitative estimate of drug-likeness (QED) is 0.647. The topological polar surface area (TPSA) is 85.5 Å². The van der Waals surface area contributed by atoms with Crippen LogP contribution in [-0.4, -0.2) is 43.1 Å². The van der Waals surface area contributed by atoms with E-state index in [0.717, 1.165) is 16.4 Å². The van der Waals surface area contributed by atoms with Gasteiger partial charge in [0.2, 0.25) is 21.7 Å². The molecule has 4 rings (SSSR count). The molecule has 0 spiro atoms. The van der Waals surface area contributed by atoms with Crippen LogP contribution in [0.2, 0.25) is 0 Å². The van der Waals surface area contributed by atoms with Gasteiger partial charge in [-0.3, -0.25) is 0 Å². The van der Waals surface area contributed by atoms with Gasteiger partial charge in [-0.05, 0) is 24.3 Å². The molecular weight excluding hydrogens is 392 g/mol. The molecule has 1 aromatic heterocycles. The first kappa shape index (κ1) is 18.5. The molecule has 2 heterocycles. The zero-order valence-electron chi connectivity index (χ0n) is 14.7. The highest BCUT2D eigenvalue weighted by Gasteiger charge is 2.40. The number of hydrogen-bond acceptors (Lipinski definition) is 6. The summed E-state index contributed by atoms with van der Waals surface area (Å²) in [5.41, 5.74) is 0.652. The van der Waals surface area contributed by atoms with Gasteiger partial charge in [0.25, 0.3) is 0 Å². The Hall–Kier alpha value is -2.85. The third-order valence-corrected chi connectivity index (χ3v) is 6.27. The van der Waals surface area contributed by atoms with E-state index in [2.05, 4.69) is 10.1 Å². The lowest BCUT2D eigenvalue weighted by atomic mass is 10.0. The number of halogens is 2. The predicted molar refractivity (Wildman–Crippen MR) is 94.1 cm³/mol. The average Bonchev–Trinajstić information content (AvgIpc) is 3.08. The van der Waals surface area contributed by atoms with Gasteiger partial charge in [0.1, 0.15) is 17.4 Å². The summed E-state index contributed by atoms with van der Waals surface area (Å²) < 4.78 is 63.4. The van der Waals surface area contributed by atoms with Gasteiger partial charge in [-0.2, -0.15) is 9.29 Å². The molecule has 0 radical (unpaired) electrons. The summed E-state index contributed by atoms with van der Waals surface area (Å²) in [5, 5.41) is 3.93. The number of methoxy groups -OCH3 is 1. The van der Waals surface area contributed by atoms with Crippen LogP contribution in [-0.2, 0) is 10.0 Å². The van der Waals surface area contributed by atoms with Gasteiger partial charge in [-0.1, -0.05) is 17.3 Å². The van der Waals surface area contributed by atoms with E-state index >= 15 is 0 Å². The molecule has 0 aliphatic carbocycles. The molecule has 0 N–H and O–H groups in total. The fourth-order valence-corrected chi connectivity index (χ4v) is 4.53. The van der Waals surface area contributed by atoms with Crippen molar-refractivity contribution in [1.82, 2.24) is 14.4 Å². The van der Waals surface area contributed by atoms with Crippen molar-refractivity contribution in [2.75, 3.05) is 20.2 Å². The monoisotopic (exact) mass is 407 g/mol. The molecule has 2 aromatic carbocycles. The van der Waals surface area contributed by atoms with Gasteiger partial charge in [0.15, 0.2) is 0 Å². The third-order valence-electron chi connectivity index (χ3n) is 4.46. The Morgan fingerprint density at radius 3 is 2.50 bits per heavy atom. The first-order valence-electron chi connectivity index (χ1n) is 8.31. The summed E-state index contributed by atoms with van der Waals surface area (Å²) in [4.78, 5) is 3.90. The molecule has 0 bridgehead atoms. The van der Waals surface area contributed by atoms with Crippen LogP contribution in [0.3, 0.4) is 0 Å². The number of para-hydroxylation sites is 1. The van der Waals surface area contributed by atoms with E-state index in [-0.39, 0.29) is 24.9 Å². The molecule has 1 aliphatic heterocycles. The Balaban J connectivity index is 1.51. The fourth-order valence-electron chi connectivity index (χ4n) is 2.96. The van der Waals surface area contributed by atoms with Crippen LogP contribution < -0.4 is 4.74 Å². The lowest BCUT2D eigenvalue weighted by Crippen LogP contribution is -2.48. The molecule has 0 atom stereocenters. The van der Waals surface area contributed by atoms with E-state index < -0.39 is 26.6 Å². The summed E-state index contributed by atoms with van der Waals surface area (Å²) >= 11 is 0. The highest BCUT2D eigenvalue weighted by Crippen LogP contribution is 2.34. The highest BCUT2D eigenvalue weighted by molar-refractivity contribution is 7.89. The Morgan fingerprint density at radius 2 is 1.82 bits per heavy atom. The normalized spacial score (nSPS) is 15.4. The minimum atomic E-state index is -4.00. The summed E-state index contributed by atoms with van der Waals surface area (Å²) in [7, 11) is -2.47. The minimum Gasteiger partial charge on any atom is -0.496 e. The van der Waals surface area contributed by atoms with E-state index in [4.69, 9.17) is 9.26 Å². The molecule has 10 heteroatoms. The molecule has 7 nitrogen and oxygen atoms in total. The van der Waals surface area contributed by atoms with E-state index in [0.29, 0.717) is 23.2 Å². The van der Waals surface area contributed by atoms with E-state index in [9.17, 15) is 17.2 Å². The molecule has 0 saturated carbocycles. The van der Waals surface area contributed by atoms with Gasteiger partial charge in [-0.25, -0.2) is 17.2 Å². The van der Waals surface area contributed by atoms with Gasteiger partial charge < -0.3 is 9.26 Å². The standard InChI is InChI=1S/C18H15F2N3O4S/c1-26-16-5-3-2-4-15(16)17-21-18(27-22-17)11-9-23(10-11)28(24,25)14-7-12(19)6-13(20)8-14/h2-8,11H,9-10H2,1H3. The van der Waals surface area contributed by atoms with Gasteiger partial charge in [-0.15, -0.1) is 0 Å². The molecule has 3 aromatic rings. The van der Waals surface area contributed by atoms with Crippen molar-refractivity contribution in [2.45, 2.75) is 10.8 Å². The van der Waals surface area contributed by atoms with Crippen LogP contribution in [0.25, 0.3) is 11.4 Å². The smallest absolute Gasteiger partial charge is 0.243 e. The van der Waals surface area contributed by atoms with Crippen molar-refractivity contribution in [3.05, 3.63) is 60.0 Å². The number of aromatic nitrogens is 2. The van der Waals surface area contributed by atoms with Crippen LogP contribution in [0.15, 0.2) is 51.9 Å². The van der Waals surface area contributed by atoms with Crippen LogP contribution in [0.1, 0.15) is 11.8 Å². The van der Waals surface area contributed by atoms with Crippen LogP contribution >= 0.6 is 0 Å². The van der Waals surface area contributed by atoms with Crippen LogP contribution in [0, 0.1) is 11.6 Å². The average molecular weight is 407 g/mol. The molecule has 1 saturated heterocycles. The molecular formula is C18H15F2N3O4S. The number of benzene rings is 2. The number of rotatable bonds is 5. The summed E-state index contributed by atoms with van der Waals surface area (Å²) in [5.74, 6) is -0.994. The number of ether oxygens (including phenoxy) is 1. The van der Waals surface area contributed by atoms with Gasteiger partial charge in [0.05, 0.1) is 23.5 Å². The summed E-state index contributed by atoms with van der Waals surface area (Å²) in [6.45, 7) is 0.155. The maximum Gasteiger partial charge on any atom is 0.243 e. The molecule has 1 aliphatic rings. The largest absolute Gasteiger partial charge is 0.496 e. The SMILES string of the molecule is COc1ccccc1-c1noc(C2CN(S(=O)(=O)c3cc(F)cc(F)c3)C2)n1.